The van der Waals surface area contributed by atoms with Crippen molar-refractivity contribution in [3.05, 3.63) is 68.2 Å². The van der Waals surface area contributed by atoms with Crippen molar-refractivity contribution in [2.24, 2.45) is 0 Å². The number of halogens is 2. The Labute approximate surface area is 137 Å². The molecule has 3 heteroatoms. The van der Waals surface area contributed by atoms with Gasteiger partial charge in [-0.05, 0) is 73.7 Å². The fourth-order valence-corrected chi connectivity index (χ4v) is 2.88. The number of benzene rings is 2. The monoisotopic (exact) mass is 321 g/mol. The lowest BCUT2D eigenvalue weighted by Gasteiger charge is -2.11. The van der Waals surface area contributed by atoms with E-state index in [1.165, 1.54) is 22.3 Å². The molecular formula is C18H21Cl2N. The van der Waals surface area contributed by atoms with Crippen LogP contribution in [0.25, 0.3) is 0 Å². The number of rotatable bonds is 5. The van der Waals surface area contributed by atoms with Crippen molar-refractivity contribution in [2.45, 2.75) is 33.7 Å². The lowest BCUT2D eigenvalue weighted by Crippen LogP contribution is -2.17. The first kappa shape index (κ1) is 16.4. The Morgan fingerprint density at radius 2 is 1.57 bits per heavy atom. The summed E-state index contributed by atoms with van der Waals surface area (Å²) in [6, 6.07) is 10.2. The van der Waals surface area contributed by atoms with E-state index in [1.807, 2.05) is 12.1 Å². The largest absolute Gasteiger partial charge is 0.312 e. The lowest BCUT2D eigenvalue weighted by molar-refractivity contribution is 0.684. The maximum Gasteiger partial charge on any atom is 0.0453 e. The van der Waals surface area contributed by atoms with Crippen LogP contribution in [0, 0.1) is 20.8 Å². The summed E-state index contributed by atoms with van der Waals surface area (Å²) >= 11 is 12.1. The minimum Gasteiger partial charge on any atom is -0.312 e. The molecule has 0 spiro atoms. The van der Waals surface area contributed by atoms with Crippen molar-refractivity contribution in [2.75, 3.05) is 6.54 Å². The third-order valence-electron chi connectivity index (χ3n) is 3.85. The molecule has 21 heavy (non-hydrogen) atoms. The maximum absolute atomic E-state index is 6.18. The average molecular weight is 322 g/mol. The Morgan fingerprint density at radius 3 is 2.29 bits per heavy atom. The van der Waals surface area contributed by atoms with Crippen LogP contribution in [0.4, 0.5) is 0 Å². The average Bonchev–Trinajstić information content (AvgIpc) is 2.42. The van der Waals surface area contributed by atoms with Gasteiger partial charge in [0.15, 0.2) is 0 Å². The summed E-state index contributed by atoms with van der Waals surface area (Å²) in [4.78, 5) is 0. The van der Waals surface area contributed by atoms with E-state index >= 15 is 0 Å². The Kier molecular flexibility index (Phi) is 5.69. The fraction of sp³-hybridized carbons (Fsp3) is 0.333. The van der Waals surface area contributed by atoms with E-state index in [0.717, 1.165) is 30.1 Å². The summed E-state index contributed by atoms with van der Waals surface area (Å²) in [5, 5.41) is 4.91. The van der Waals surface area contributed by atoms with Crippen LogP contribution in [0.15, 0.2) is 30.3 Å². The third-order valence-corrected chi connectivity index (χ3v) is 4.44. The summed E-state index contributed by atoms with van der Waals surface area (Å²) in [6.07, 6.45) is 0.903. The zero-order valence-corrected chi connectivity index (χ0v) is 14.3. The molecule has 2 aromatic rings. The van der Waals surface area contributed by atoms with Gasteiger partial charge in [0, 0.05) is 16.6 Å². The predicted octanol–water partition coefficient (Wildman–Crippen LogP) is 5.25. The van der Waals surface area contributed by atoms with Crippen molar-refractivity contribution in [1.82, 2.24) is 5.32 Å². The van der Waals surface area contributed by atoms with E-state index in [2.05, 4.69) is 38.2 Å². The van der Waals surface area contributed by atoms with Gasteiger partial charge in [-0.15, -0.1) is 0 Å². The van der Waals surface area contributed by atoms with Crippen LogP contribution in [0.5, 0.6) is 0 Å². The van der Waals surface area contributed by atoms with Crippen molar-refractivity contribution in [3.8, 4) is 0 Å². The van der Waals surface area contributed by atoms with Gasteiger partial charge in [-0.25, -0.2) is 0 Å². The van der Waals surface area contributed by atoms with E-state index in [-0.39, 0.29) is 0 Å². The molecule has 0 aromatic heterocycles. The molecule has 0 amide bonds. The van der Waals surface area contributed by atoms with Gasteiger partial charge in [0.05, 0.1) is 0 Å². The fourth-order valence-electron chi connectivity index (χ4n) is 2.38. The van der Waals surface area contributed by atoms with E-state index in [0.29, 0.717) is 5.02 Å². The smallest absolute Gasteiger partial charge is 0.0453 e. The first-order valence-corrected chi connectivity index (χ1v) is 7.94. The van der Waals surface area contributed by atoms with Crippen LogP contribution >= 0.6 is 23.2 Å². The number of hydrogen-bond donors (Lipinski definition) is 1. The maximum atomic E-state index is 6.18. The number of nitrogens with one attached hydrogen (secondary N) is 1. The molecule has 0 fully saturated rings. The number of aryl methyl sites for hydroxylation is 3. The second-order valence-electron chi connectivity index (χ2n) is 5.53. The molecule has 2 rings (SSSR count). The van der Waals surface area contributed by atoms with Crippen molar-refractivity contribution >= 4 is 23.2 Å². The van der Waals surface area contributed by atoms with Crippen LogP contribution in [0.2, 0.25) is 10.0 Å². The van der Waals surface area contributed by atoms with Gasteiger partial charge < -0.3 is 5.32 Å². The summed E-state index contributed by atoms with van der Waals surface area (Å²) in [6.45, 7) is 8.26. The second-order valence-corrected chi connectivity index (χ2v) is 6.37. The zero-order chi connectivity index (χ0) is 15.4. The van der Waals surface area contributed by atoms with Crippen LogP contribution in [-0.2, 0) is 13.0 Å². The van der Waals surface area contributed by atoms with Gasteiger partial charge in [0.1, 0.15) is 0 Å². The summed E-state index contributed by atoms with van der Waals surface area (Å²) in [7, 11) is 0. The highest BCUT2D eigenvalue weighted by molar-refractivity contribution is 6.35. The molecule has 0 saturated carbocycles. The standard InChI is InChI=1S/C18H21Cl2N/c1-12-8-14(3)16(9-13(12)2)11-21-7-6-15-4-5-17(19)10-18(15)20/h4-5,8-10,21H,6-7,11H2,1-3H3. The molecule has 0 atom stereocenters. The first-order chi connectivity index (χ1) is 9.97. The molecule has 0 saturated heterocycles. The van der Waals surface area contributed by atoms with Crippen molar-refractivity contribution in [1.29, 1.82) is 0 Å². The Bertz CT molecular complexity index is 635. The highest BCUT2D eigenvalue weighted by Crippen LogP contribution is 2.21. The summed E-state index contributed by atoms with van der Waals surface area (Å²) in [5.41, 5.74) is 6.53. The molecule has 2 aromatic carbocycles. The van der Waals surface area contributed by atoms with Crippen LogP contribution in [-0.4, -0.2) is 6.54 Å². The molecule has 0 radical (unpaired) electrons. The minimum atomic E-state index is 0.683. The molecule has 0 aliphatic heterocycles. The molecule has 0 aliphatic carbocycles. The molecule has 0 heterocycles. The number of hydrogen-bond acceptors (Lipinski definition) is 1. The van der Waals surface area contributed by atoms with Gasteiger partial charge in [-0.3, -0.25) is 0 Å². The van der Waals surface area contributed by atoms with Crippen LogP contribution in [0.3, 0.4) is 0 Å². The van der Waals surface area contributed by atoms with E-state index < -0.39 is 0 Å². The van der Waals surface area contributed by atoms with Gasteiger partial charge in [-0.2, -0.15) is 0 Å². The Morgan fingerprint density at radius 1 is 0.857 bits per heavy atom. The predicted molar refractivity (Wildman–Crippen MR) is 92.5 cm³/mol. The molecule has 0 bridgehead atoms. The van der Waals surface area contributed by atoms with Gasteiger partial charge in [0.25, 0.3) is 0 Å². The Balaban J connectivity index is 1.89. The highest BCUT2D eigenvalue weighted by Gasteiger charge is 2.03. The third kappa shape index (κ3) is 4.47. The van der Waals surface area contributed by atoms with Gasteiger partial charge in [-0.1, -0.05) is 41.4 Å². The highest BCUT2D eigenvalue weighted by atomic mass is 35.5. The molecule has 112 valence electrons. The minimum absolute atomic E-state index is 0.683. The van der Waals surface area contributed by atoms with Crippen molar-refractivity contribution < 1.29 is 0 Å². The second kappa shape index (κ2) is 7.31. The lowest BCUT2D eigenvalue weighted by atomic mass is 10.0. The molecule has 0 unspecified atom stereocenters. The van der Waals surface area contributed by atoms with Crippen LogP contribution in [0.1, 0.15) is 27.8 Å². The zero-order valence-electron chi connectivity index (χ0n) is 12.8. The van der Waals surface area contributed by atoms with Gasteiger partial charge in [0.2, 0.25) is 0 Å². The molecule has 1 nitrogen and oxygen atoms in total. The Hall–Kier alpha value is -1.02. The van der Waals surface area contributed by atoms with E-state index in [4.69, 9.17) is 23.2 Å². The quantitative estimate of drug-likeness (QED) is 0.741. The van der Waals surface area contributed by atoms with E-state index in [1.54, 1.807) is 6.07 Å². The normalized spacial score (nSPS) is 10.9. The SMILES string of the molecule is Cc1cc(C)c(CNCCc2ccc(Cl)cc2Cl)cc1C. The summed E-state index contributed by atoms with van der Waals surface area (Å²) in [5.74, 6) is 0. The van der Waals surface area contributed by atoms with Crippen molar-refractivity contribution in [3.63, 3.8) is 0 Å². The molecule has 1 N–H and O–H groups in total. The molecule has 0 aliphatic rings. The van der Waals surface area contributed by atoms with E-state index in [9.17, 15) is 0 Å². The molecular weight excluding hydrogens is 301 g/mol. The van der Waals surface area contributed by atoms with Crippen LogP contribution < -0.4 is 5.32 Å². The van der Waals surface area contributed by atoms with Gasteiger partial charge >= 0.3 is 0 Å². The topological polar surface area (TPSA) is 12.0 Å². The first-order valence-electron chi connectivity index (χ1n) is 7.18. The summed E-state index contributed by atoms with van der Waals surface area (Å²) < 4.78 is 0.